The standard InChI is InChI=1S/C28H28N2O9/c1-35-23-14-18(12-21(30(33)34)27(23)38-4)9-11-26(32)29-20-10-8-17(13-22(20)31)6-7-19-15-24(36-2)28(39-5)25(16-19)37-3/h6-16,31H,1-5H3,(H,29,32)/b7-6+,11-9+. The molecular formula is C28H28N2O9. The van der Waals surface area contributed by atoms with E-state index in [-0.39, 0.29) is 28.6 Å². The summed E-state index contributed by atoms with van der Waals surface area (Å²) in [5.74, 6) is 0.927. The maximum absolute atomic E-state index is 12.5. The Balaban J connectivity index is 1.75. The molecule has 0 fully saturated rings. The molecule has 3 rings (SSSR count). The summed E-state index contributed by atoms with van der Waals surface area (Å²) in [6.07, 6.45) is 6.15. The molecule has 0 heterocycles. The van der Waals surface area contributed by atoms with Crippen molar-refractivity contribution in [3.05, 3.63) is 75.3 Å². The van der Waals surface area contributed by atoms with Crippen LogP contribution in [0.2, 0.25) is 0 Å². The molecule has 0 aliphatic rings. The topological polar surface area (TPSA) is 139 Å². The Hall–Kier alpha value is -5.19. The molecule has 39 heavy (non-hydrogen) atoms. The van der Waals surface area contributed by atoms with E-state index in [2.05, 4.69) is 5.32 Å². The fourth-order valence-electron chi connectivity index (χ4n) is 3.69. The molecule has 0 atom stereocenters. The Bertz CT molecular complexity index is 1410. The number of benzene rings is 3. The van der Waals surface area contributed by atoms with Gasteiger partial charge in [-0.25, -0.2) is 0 Å². The van der Waals surface area contributed by atoms with Crippen molar-refractivity contribution in [3.8, 4) is 34.5 Å². The highest BCUT2D eigenvalue weighted by molar-refractivity contribution is 6.03. The largest absolute Gasteiger partial charge is 0.506 e. The van der Waals surface area contributed by atoms with Crippen molar-refractivity contribution < 1.29 is 38.5 Å². The Kier molecular flexibility index (Phi) is 9.36. The third-order valence-electron chi connectivity index (χ3n) is 5.54. The molecule has 3 aromatic carbocycles. The van der Waals surface area contributed by atoms with Gasteiger partial charge in [0.2, 0.25) is 17.4 Å². The number of aromatic hydroxyl groups is 1. The highest BCUT2D eigenvalue weighted by atomic mass is 16.6. The number of methoxy groups -OCH3 is 5. The maximum Gasteiger partial charge on any atom is 0.315 e. The van der Waals surface area contributed by atoms with Crippen molar-refractivity contribution in [2.45, 2.75) is 0 Å². The number of nitro groups is 1. The minimum atomic E-state index is -0.603. The number of rotatable bonds is 11. The Morgan fingerprint density at radius 3 is 1.82 bits per heavy atom. The van der Waals surface area contributed by atoms with Gasteiger partial charge in [0.1, 0.15) is 5.75 Å². The first-order valence-electron chi connectivity index (χ1n) is 11.4. The molecule has 0 unspecified atom stereocenters. The first-order chi connectivity index (χ1) is 18.7. The Labute approximate surface area is 225 Å². The molecule has 0 saturated heterocycles. The van der Waals surface area contributed by atoms with E-state index in [1.54, 1.807) is 30.3 Å². The highest BCUT2D eigenvalue weighted by Gasteiger charge is 2.21. The third kappa shape index (κ3) is 6.77. The van der Waals surface area contributed by atoms with E-state index in [9.17, 15) is 20.0 Å². The second-order valence-electron chi connectivity index (χ2n) is 7.92. The molecule has 0 bridgehead atoms. The lowest BCUT2D eigenvalue weighted by Gasteiger charge is -2.12. The minimum absolute atomic E-state index is 0.0200. The molecule has 204 valence electrons. The number of nitro benzene ring substituents is 1. The number of carbonyl (C=O) groups excluding carboxylic acids is 1. The predicted octanol–water partition coefficient (Wildman–Crippen LogP) is 5.17. The average molecular weight is 537 g/mol. The lowest BCUT2D eigenvalue weighted by Crippen LogP contribution is -2.08. The number of nitrogens with one attached hydrogen (secondary N) is 1. The van der Waals surface area contributed by atoms with Crippen LogP contribution in [0.3, 0.4) is 0 Å². The molecular weight excluding hydrogens is 508 g/mol. The van der Waals surface area contributed by atoms with Gasteiger partial charge >= 0.3 is 5.69 Å². The van der Waals surface area contributed by atoms with E-state index >= 15 is 0 Å². The van der Waals surface area contributed by atoms with Crippen LogP contribution in [-0.2, 0) is 4.79 Å². The van der Waals surface area contributed by atoms with Gasteiger partial charge in [0.05, 0.1) is 46.2 Å². The molecule has 0 radical (unpaired) electrons. The van der Waals surface area contributed by atoms with Crippen LogP contribution in [0.25, 0.3) is 18.2 Å². The van der Waals surface area contributed by atoms with Crippen LogP contribution in [-0.4, -0.2) is 51.5 Å². The number of nitrogens with zero attached hydrogens (tertiary/aromatic N) is 1. The van der Waals surface area contributed by atoms with E-state index in [0.717, 1.165) is 5.56 Å². The number of anilines is 1. The molecule has 11 nitrogen and oxygen atoms in total. The predicted molar refractivity (Wildman–Crippen MR) is 147 cm³/mol. The van der Waals surface area contributed by atoms with Crippen molar-refractivity contribution in [1.82, 2.24) is 0 Å². The molecule has 0 spiro atoms. The van der Waals surface area contributed by atoms with Crippen LogP contribution in [0.15, 0.2) is 48.5 Å². The van der Waals surface area contributed by atoms with Crippen LogP contribution >= 0.6 is 0 Å². The zero-order valence-corrected chi connectivity index (χ0v) is 22.0. The van der Waals surface area contributed by atoms with Gasteiger partial charge in [0, 0.05) is 12.1 Å². The summed E-state index contributed by atoms with van der Waals surface area (Å²) in [5.41, 5.74) is 1.69. The number of phenols is 1. The Morgan fingerprint density at radius 1 is 0.769 bits per heavy atom. The zero-order valence-electron chi connectivity index (χ0n) is 22.0. The van der Waals surface area contributed by atoms with Gasteiger partial charge in [-0.1, -0.05) is 18.2 Å². The van der Waals surface area contributed by atoms with E-state index < -0.39 is 10.8 Å². The molecule has 1 amide bonds. The zero-order chi connectivity index (χ0) is 28.5. The summed E-state index contributed by atoms with van der Waals surface area (Å²) in [5, 5.41) is 24.4. The van der Waals surface area contributed by atoms with Crippen LogP contribution in [0.4, 0.5) is 11.4 Å². The average Bonchev–Trinajstić information content (AvgIpc) is 2.94. The molecule has 2 N–H and O–H groups in total. The quantitative estimate of drug-likeness (QED) is 0.112. The summed E-state index contributed by atoms with van der Waals surface area (Å²) in [6, 6.07) is 11.1. The SMILES string of the molecule is COc1cc(/C=C/c2ccc(NC(=O)/C=C/c3cc(OC)c(OC)c([N+](=O)[O-])c3)c(O)c2)cc(OC)c1OC. The van der Waals surface area contributed by atoms with Gasteiger partial charge in [-0.2, -0.15) is 0 Å². The van der Waals surface area contributed by atoms with Crippen LogP contribution < -0.4 is 29.0 Å². The van der Waals surface area contributed by atoms with Crippen molar-refractivity contribution in [1.29, 1.82) is 0 Å². The van der Waals surface area contributed by atoms with Gasteiger partial charge in [-0.15, -0.1) is 0 Å². The number of phenolic OH excluding ortho intramolecular Hbond substituents is 1. The van der Waals surface area contributed by atoms with E-state index in [1.165, 1.54) is 65.9 Å². The van der Waals surface area contributed by atoms with Gasteiger partial charge in [-0.05, 0) is 53.1 Å². The fraction of sp³-hybridized carbons (Fsp3) is 0.179. The van der Waals surface area contributed by atoms with Crippen LogP contribution in [0, 0.1) is 10.1 Å². The fourth-order valence-corrected chi connectivity index (χ4v) is 3.69. The highest BCUT2D eigenvalue weighted by Crippen LogP contribution is 2.39. The van der Waals surface area contributed by atoms with Crippen LogP contribution in [0.1, 0.15) is 16.7 Å². The number of hydrogen-bond donors (Lipinski definition) is 2. The number of ether oxygens (including phenoxy) is 5. The van der Waals surface area contributed by atoms with Gasteiger partial charge < -0.3 is 34.1 Å². The van der Waals surface area contributed by atoms with Crippen molar-refractivity contribution in [2.24, 2.45) is 0 Å². The van der Waals surface area contributed by atoms with E-state index in [1.807, 2.05) is 6.08 Å². The summed E-state index contributed by atoms with van der Waals surface area (Å²) in [4.78, 5) is 23.2. The second-order valence-corrected chi connectivity index (χ2v) is 7.92. The molecule has 0 aliphatic heterocycles. The lowest BCUT2D eigenvalue weighted by molar-refractivity contribution is -0.385. The summed E-state index contributed by atoms with van der Waals surface area (Å²) in [7, 11) is 7.24. The summed E-state index contributed by atoms with van der Waals surface area (Å²) in [6.45, 7) is 0. The van der Waals surface area contributed by atoms with Crippen LogP contribution in [0.5, 0.6) is 34.5 Å². The monoisotopic (exact) mass is 536 g/mol. The summed E-state index contributed by atoms with van der Waals surface area (Å²) >= 11 is 0. The molecule has 0 aromatic heterocycles. The Morgan fingerprint density at radius 2 is 1.31 bits per heavy atom. The minimum Gasteiger partial charge on any atom is -0.506 e. The first kappa shape index (κ1) is 28.4. The van der Waals surface area contributed by atoms with Gasteiger partial charge in [0.15, 0.2) is 17.2 Å². The van der Waals surface area contributed by atoms with E-state index in [0.29, 0.717) is 28.4 Å². The smallest absolute Gasteiger partial charge is 0.315 e. The molecule has 3 aromatic rings. The van der Waals surface area contributed by atoms with Gasteiger partial charge in [-0.3, -0.25) is 14.9 Å². The van der Waals surface area contributed by atoms with E-state index in [4.69, 9.17) is 23.7 Å². The lowest BCUT2D eigenvalue weighted by atomic mass is 10.1. The number of amides is 1. The van der Waals surface area contributed by atoms with Crippen molar-refractivity contribution in [2.75, 3.05) is 40.9 Å². The van der Waals surface area contributed by atoms with Crippen molar-refractivity contribution in [3.63, 3.8) is 0 Å². The molecule has 0 saturated carbocycles. The number of hydrogen-bond acceptors (Lipinski definition) is 9. The van der Waals surface area contributed by atoms with Gasteiger partial charge in [0.25, 0.3) is 0 Å². The number of carbonyl (C=O) groups is 1. The molecule has 0 aliphatic carbocycles. The first-order valence-corrected chi connectivity index (χ1v) is 11.4. The normalized spacial score (nSPS) is 10.9. The second kappa shape index (κ2) is 12.9. The maximum atomic E-state index is 12.5. The molecule has 11 heteroatoms. The summed E-state index contributed by atoms with van der Waals surface area (Å²) < 4.78 is 26.3. The van der Waals surface area contributed by atoms with Crippen molar-refractivity contribution >= 4 is 35.5 Å². The third-order valence-corrected chi connectivity index (χ3v) is 5.54.